The Balaban J connectivity index is 1.88. The highest BCUT2D eigenvalue weighted by Gasteiger charge is 2.32. The summed E-state index contributed by atoms with van der Waals surface area (Å²) >= 11 is 0. The van der Waals surface area contributed by atoms with Crippen LogP contribution >= 0.6 is 0 Å². The van der Waals surface area contributed by atoms with Gasteiger partial charge in [-0.3, -0.25) is 0 Å². The zero-order chi connectivity index (χ0) is 9.10. The molecule has 2 aliphatic carbocycles. The first-order chi connectivity index (χ1) is 6.38. The van der Waals surface area contributed by atoms with Crippen molar-refractivity contribution in [2.45, 2.75) is 63.8 Å². The fourth-order valence-electron chi connectivity index (χ4n) is 3.42. The summed E-state index contributed by atoms with van der Waals surface area (Å²) in [4.78, 5) is 0. The molecular formula is C12H24N+. The molecule has 2 rings (SSSR count). The van der Waals surface area contributed by atoms with Crippen molar-refractivity contribution in [3.05, 3.63) is 0 Å². The predicted molar refractivity (Wildman–Crippen MR) is 55.2 cm³/mol. The van der Waals surface area contributed by atoms with Crippen molar-refractivity contribution < 1.29 is 5.73 Å². The van der Waals surface area contributed by atoms with E-state index in [1.807, 2.05) is 0 Å². The highest BCUT2D eigenvalue weighted by molar-refractivity contribution is 4.81. The van der Waals surface area contributed by atoms with Crippen LogP contribution < -0.4 is 5.73 Å². The van der Waals surface area contributed by atoms with E-state index in [0.717, 1.165) is 17.9 Å². The molecule has 0 bridgehead atoms. The molecule has 0 heterocycles. The van der Waals surface area contributed by atoms with Gasteiger partial charge in [-0.25, -0.2) is 0 Å². The minimum atomic E-state index is 0.789. The topological polar surface area (TPSA) is 27.6 Å². The van der Waals surface area contributed by atoms with Gasteiger partial charge in [0.2, 0.25) is 0 Å². The Labute approximate surface area is 82.1 Å². The molecule has 1 nitrogen and oxygen atoms in total. The fraction of sp³-hybridized carbons (Fsp3) is 1.00. The van der Waals surface area contributed by atoms with Crippen LogP contribution in [0.1, 0.15) is 57.8 Å². The minimum absolute atomic E-state index is 0.789. The van der Waals surface area contributed by atoms with E-state index in [2.05, 4.69) is 5.73 Å². The second kappa shape index (κ2) is 4.45. The molecule has 1 heteroatoms. The fourth-order valence-corrected chi connectivity index (χ4v) is 3.42. The summed E-state index contributed by atoms with van der Waals surface area (Å²) < 4.78 is 0. The molecule has 0 amide bonds. The lowest BCUT2D eigenvalue weighted by Gasteiger charge is -2.35. The first kappa shape index (κ1) is 9.51. The molecule has 0 aliphatic heterocycles. The van der Waals surface area contributed by atoms with Gasteiger partial charge < -0.3 is 5.73 Å². The molecule has 13 heavy (non-hydrogen) atoms. The van der Waals surface area contributed by atoms with Crippen molar-refractivity contribution in [3.8, 4) is 0 Å². The van der Waals surface area contributed by atoms with E-state index in [0.29, 0.717) is 0 Å². The Morgan fingerprint density at radius 2 is 1.31 bits per heavy atom. The summed E-state index contributed by atoms with van der Waals surface area (Å²) in [5.41, 5.74) is 4.35. The van der Waals surface area contributed by atoms with Crippen LogP contribution in [-0.2, 0) is 0 Å². The van der Waals surface area contributed by atoms with Crippen LogP contribution in [0.25, 0.3) is 0 Å². The van der Waals surface area contributed by atoms with Gasteiger partial charge in [-0.15, -0.1) is 0 Å². The highest BCUT2D eigenvalue weighted by atomic mass is 14.7. The molecule has 0 unspecified atom stereocenters. The second-order valence-corrected chi connectivity index (χ2v) is 5.11. The number of hydrogen-bond donors (Lipinski definition) is 1. The first-order valence-corrected chi connectivity index (χ1v) is 6.21. The van der Waals surface area contributed by atoms with Gasteiger partial charge in [0, 0.05) is 5.92 Å². The Morgan fingerprint density at radius 1 is 0.692 bits per heavy atom. The predicted octanol–water partition coefficient (Wildman–Crippen LogP) is 2.37. The highest BCUT2D eigenvalue weighted by Crippen LogP contribution is 2.36. The van der Waals surface area contributed by atoms with E-state index in [1.165, 1.54) is 57.8 Å². The summed E-state index contributed by atoms with van der Waals surface area (Å²) in [5.74, 6) is 2.05. The van der Waals surface area contributed by atoms with Gasteiger partial charge in [0.15, 0.2) is 0 Å². The summed E-state index contributed by atoms with van der Waals surface area (Å²) in [6, 6.07) is 0.789. The van der Waals surface area contributed by atoms with Gasteiger partial charge in [-0.05, 0) is 38.0 Å². The van der Waals surface area contributed by atoms with Gasteiger partial charge in [0.25, 0.3) is 0 Å². The Hall–Kier alpha value is -0.0400. The average Bonchev–Trinajstić information content (AvgIpc) is 2.20. The molecule has 2 saturated carbocycles. The second-order valence-electron chi connectivity index (χ2n) is 5.11. The van der Waals surface area contributed by atoms with Gasteiger partial charge >= 0.3 is 0 Å². The third-order valence-corrected chi connectivity index (χ3v) is 4.22. The standard InChI is InChI=1S/C12H23N/c13-12-9-5-4-8-11(12)10-6-2-1-3-7-10/h10-12H,1-9,13H2/p+1/t11-,12+/m0/s1. The Bertz CT molecular complexity index is 149. The van der Waals surface area contributed by atoms with Crippen LogP contribution in [-0.4, -0.2) is 6.04 Å². The van der Waals surface area contributed by atoms with E-state index < -0.39 is 0 Å². The summed E-state index contributed by atoms with van der Waals surface area (Å²) in [7, 11) is 0. The van der Waals surface area contributed by atoms with Gasteiger partial charge in [0.05, 0.1) is 6.04 Å². The van der Waals surface area contributed by atoms with Crippen molar-refractivity contribution in [1.29, 1.82) is 0 Å². The third kappa shape index (κ3) is 2.25. The number of rotatable bonds is 1. The van der Waals surface area contributed by atoms with Crippen molar-refractivity contribution in [2.75, 3.05) is 0 Å². The Morgan fingerprint density at radius 3 is 2.00 bits per heavy atom. The molecule has 3 N–H and O–H groups in total. The normalized spacial score (nSPS) is 37.6. The SMILES string of the molecule is [NH3+][C@@H]1CCCC[C@H]1C1CCCCC1. The molecule has 0 aromatic carbocycles. The van der Waals surface area contributed by atoms with Crippen molar-refractivity contribution in [2.24, 2.45) is 11.8 Å². The molecule has 2 atom stereocenters. The maximum atomic E-state index is 4.35. The zero-order valence-corrected chi connectivity index (χ0v) is 8.80. The molecule has 76 valence electrons. The van der Waals surface area contributed by atoms with Crippen molar-refractivity contribution in [1.82, 2.24) is 0 Å². The molecule has 2 aliphatic rings. The van der Waals surface area contributed by atoms with E-state index in [9.17, 15) is 0 Å². The largest absolute Gasteiger partial charge is 0.355 e. The molecule has 0 aromatic rings. The molecule has 0 spiro atoms. The maximum absolute atomic E-state index is 4.35. The maximum Gasteiger partial charge on any atom is 0.0874 e. The van der Waals surface area contributed by atoms with Gasteiger partial charge in [-0.1, -0.05) is 25.7 Å². The van der Waals surface area contributed by atoms with Gasteiger partial charge in [0.1, 0.15) is 0 Å². The van der Waals surface area contributed by atoms with Crippen LogP contribution in [0.2, 0.25) is 0 Å². The van der Waals surface area contributed by atoms with Crippen LogP contribution in [0, 0.1) is 11.8 Å². The number of hydrogen-bond acceptors (Lipinski definition) is 0. The first-order valence-electron chi connectivity index (χ1n) is 6.21. The van der Waals surface area contributed by atoms with Crippen molar-refractivity contribution in [3.63, 3.8) is 0 Å². The average molecular weight is 182 g/mol. The van der Waals surface area contributed by atoms with Crippen LogP contribution in [0.3, 0.4) is 0 Å². The summed E-state index contributed by atoms with van der Waals surface area (Å²) in [5, 5.41) is 0. The van der Waals surface area contributed by atoms with Crippen LogP contribution in [0.5, 0.6) is 0 Å². The molecule has 0 radical (unpaired) electrons. The van der Waals surface area contributed by atoms with E-state index in [1.54, 1.807) is 0 Å². The number of quaternary nitrogens is 1. The Kier molecular flexibility index (Phi) is 3.26. The molecule has 2 fully saturated rings. The van der Waals surface area contributed by atoms with Crippen LogP contribution in [0.15, 0.2) is 0 Å². The lowest BCUT2D eigenvalue weighted by Crippen LogP contribution is -2.66. The lowest BCUT2D eigenvalue weighted by atomic mass is 9.71. The van der Waals surface area contributed by atoms with Crippen molar-refractivity contribution >= 4 is 0 Å². The van der Waals surface area contributed by atoms with E-state index in [4.69, 9.17) is 0 Å². The zero-order valence-electron chi connectivity index (χ0n) is 8.80. The lowest BCUT2D eigenvalue weighted by molar-refractivity contribution is -0.442. The molecule has 0 saturated heterocycles. The summed E-state index contributed by atoms with van der Waals surface area (Å²) in [6.45, 7) is 0. The van der Waals surface area contributed by atoms with Crippen LogP contribution in [0.4, 0.5) is 0 Å². The third-order valence-electron chi connectivity index (χ3n) is 4.22. The van der Waals surface area contributed by atoms with E-state index >= 15 is 0 Å². The minimum Gasteiger partial charge on any atom is -0.355 e. The summed E-state index contributed by atoms with van der Waals surface area (Å²) in [6.07, 6.45) is 13.3. The van der Waals surface area contributed by atoms with E-state index in [-0.39, 0.29) is 0 Å². The van der Waals surface area contributed by atoms with Gasteiger partial charge in [-0.2, -0.15) is 0 Å². The molecule has 0 aromatic heterocycles. The monoisotopic (exact) mass is 182 g/mol. The quantitative estimate of drug-likeness (QED) is 0.645. The molecular weight excluding hydrogens is 158 g/mol. The smallest absolute Gasteiger partial charge is 0.0874 e.